The van der Waals surface area contributed by atoms with E-state index in [1.54, 1.807) is 0 Å². The van der Waals surface area contributed by atoms with E-state index in [1.807, 2.05) is 19.1 Å². The zero-order valence-corrected chi connectivity index (χ0v) is 11.3. The minimum Gasteiger partial charge on any atom is -0.490 e. The van der Waals surface area contributed by atoms with Gasteiger partial charge in [-0.25, -0.2) is 4.79 Å². The summed E-state index contributed by atoms with van der Waals surface area (Å²) in [7, 11) is 1.33. The van der Waals surface area contributed by atoms with Crippen molar-refractivity contribution < 1.29 is 19.0 Å². The molecule has 0 fully saturated rings. The normalized spacial score (nSPS) is 16.9. The largest absolute Gasteiger partial charge is 0.490 e. The molecule has 2 rings (SSSR count). The van der Waals surface area contributed by atoms with E-state index in [0.717, 1.165) is 24.0 Å². The highest BCUT2D eigenvalue weighted by molar-refractivity contribution is 5.71. The summed E-state index contributed by atoms with van der Waals surface area (Å²) in [6, 6.07) is 3.98. The van der Waals surface area contributed by atoms with Gasteiger partial charge in [-0.2, -0.15) is 0 Å². The van der Waals surface area contributed by atoms with Crippen LogP contribution in [0.4, 0.5) is 0 Å². The number of fused-ring (bicyclic) bond motifs is 1. The van der Waals surface area contributed by atoms with Crippen LogP contribution in [0, 0.1) is 0 Å². The molecular weight excluding hydrogens is 246 g/mol. The third-order valence-electron chi connectivity index (χ3n) is 3.13. The molecule has 104 valence electrons. The summed E-state index contributed by atoms with van der Waals surface area (Å²) in [5.41, 5.74) is 8.18. The van der Waals surface area contributed by atoms with Crippen LogP contribution in [0.15, 0.2) is 12.1 Å². The number of hydrogen-bond acceptors (Lipinski definition) is 5. The summed E-state index contributed by atoms with van der Waals surface area (Å²) in [4.78, 5) is 11.2. The maximum absolute atomic E-state index is 11.2. The number of esters is 1. The molecule has 5 heteroatoms. The molecule has 0 aliphatic heterocycles. The fraction of sp³-hybridized carbons (Fsp3) is 0.500. The van der Waals surface area contributed by atoms with Gasteiger partial charge in [0.2, 0.25) is 0 Å². The fourth-order valence-electron chi connectivity index (χ4n) is 2.30. The van der Waals surface area contributed by atoms with Gasteiger partial charge in [0.25, 0.3) is 0 Å². The molecule has 0 bridgehead atoms. The minimum atomic E-state index is -0.414. The maximum atomic E-state index is 11.2. The highest BCUT2D eigenvalue weighted by Gasteiger charge is 2.25. The second-order valence-electron chi connectivity index (χ2n) is 4.50. The van der Waals surface area contributed by atoms with E-state index in [2.05, 4.69) is 4.74 Å². The van der Waals surface area contributed by atoms with Gasteiger partial charge in [-0.15, -0.1) is 0 Å². The first-order valence-corrected chi connectivity index (χ1v) is 6.38. The first kappa shape index (κ1) is 13.7. The Bertz CT molecular complexity index is 473. The van der Waals surface area contributed by atoms with Gasteiger partial charge < -0.3 is 19.9 Å². The molecule has 0 saturated heterocycles. The molecular formula is C14H19NO4. The molecule has 1 aromatic carbocycles. The SMILES string of the molecule is CCOc1ccc2c(c1OCC(=O)OC)CC(N)C2. The number of rotatable bonds is 5. The van der Waals surface area contributed by atoms with Gasteiger partial charge in [-0.05, 0) is 31.4 Å². The van der Waals surface area contributed by atoms with Gasteiger partial charge in [0.1, 0.15) is 0 Å². The van der Waals surface area contributed by atoms with Crippen molar-refractivity contribution in [2.24, 2.45) is 5.73 Å². The molecule has 0 heterocycles. The summed E-state index contributed by atoms with van der Waals surface area (Å²) < 4.78 is 15.7. The Balaban J connectivity index is 2.27. The van der Waals surface area contributed by atoms with Gasteiger partial charge >= 0.3 is 5.97 Å². The van der Waals surface area contributed by atoms with E-state index in [-0.39, 0.29) is 12.6 Å². The molecule has 1 aromatic rings. The molecule has 5 nitrogen and oxygen atoms in total. The van der Waals surface area contributed by atoms with Crippen LogP contribution in [0.2, 0.25) is 0 Å². The molecule has 1 atom stereocenters. The Kier molecular flexibility index (Phi) is 4.27. The van der Waals surface area contributed by atoms with E-state index >= 15 is 0 Å². The smallest absolute Gasteiger partial charge is 0.343 e. The Morgan fingerprint density at radius 2 is 2.16 bits per heavy atom. The molecule has 0 amide bonds. The lowest BCUT2D eigenvalue weighted by atomic mass is 10.1. The van der Waals surface area contributed by atoms with E-state index in [0.29, 0.717) is 18.1 Å². The van der Waals surface area contributed by atoms with Gasteiger partial charge in [0.05, 0.1) is 13.7 Å². The number of benzene rings is 1. The first-order valence-electron chi connectivity index (χ1n) is 6.38. The van der Waals surface area contributed by atoms with Gasteiger partial charge in [0, 0.05) is 11.6 Å². The quantitative estimate of drug-likeness (QED) is 0.806. The lowest BCUT2D eigenvalue weighted by molar-refractivity contribution is -0.142. The molecule has 2 N–H and O–H groups in total. The predicted octanol–water partition coefficient (Wildman–Crippen LogP) is 1.06. The fourth-order valence-corrected chi connectivity index (χ4v) is 2.30. The summed E-state index contributed by atoms with van der Waals surface area (Å²) >= 11 is 0. The highest BCUT2D eigenvalue weighted by Crippen LogP contribution is 2.38. The predicted molar refractivity (Wildman–Crippen MR) is 70.5 cm³/mol. The molecule has 0 spiro atoms. The minimum absolute atomic E-state index is 0.104. The number of carbonyl (C=O) groups is 1. The Morgan fingerprint density at radius 3 is 2.84 bits per heavy atom. The van der Waals surface area contributed by atoms with Crippen molar-refractivity contribution in [1.82, 2.24) is 0 Å². The summed E-state index contributed by atoms with van der Waals surface area (Å²) in [5, 5.41) is 0. The van der Waals surface area contributed by atoms with Gasteiger partial charge in [0.15, 0.2) is 18.1 Å². The summed E-state index contributed by atoms with van der Waals surface area (Å²) in [6.07, 6.45) is 1.57. The first-order chi connectivity index (χ1) is 9.15. The highest BCUT2D eigenvalue weighted by atomic mass is 16.6. The van der Waals surface area contributed by atoms with E-state index < -0.39 is 5.97 Å². The van der Waals surface area contributed by atoms with Crippen LogP contribution in [-0.4, -0.2) is 32.3 Å². The Hall–Kier alpha value is -1.75. The zero-order valence-electron chi connectivity index (χ0n) is 11.3. The third kappa shape index (κ3) is 2.98. The van der Waals surface area contributed by atoms with Crippen molar-refractivity contribution >= 4 is 5.97 Å². The monoisotopic (exact) mass is 265 g/mol. The van der Waals surface area contributed by atoms with Gasteiger partial charge in [-0.3, -0.25) is 0 Å². The summed E-state index contributed by atoms with van der Waals surface area (Å²) in [6.45, 7) is 2.32. The number of carbonyl (C=O) groups excluding carboxylic acids is 1. The zero-order chi connectivity index (χ0) is 13.8. The average Bonchev–Trinajstić information content (AvgIpc) is 2.77. The van der Waals surface area contributed by atoms with Crippen molar-refractivity contribution in [3.05, 3.63) is 23.3 Å². The Labute approximate surface area is 112 Å². The molecule has 19 heavy (non-hydrogen) atoms. The molecule has 0 radical (unpaired) electrons. The van der Waals surface area contributed by atoms with Crippen LogP contribution in [0.3, 0.4) is 0 Å². The molecule has 1 unspecified atom stereocenters. The van der Waals surface area contributed by atoms with E-state index in [4.69, 9.17) is 15.2 Å². The van der Waals surface area contributed by atoms with Crippen LogP contribution in [0.5, 0.6) is 11.5 Å². The number of methoxy groups -OCH3 is 1. The molecule has 1 aliphatic carbocycles. The number of nitrogens with two attached hydrogens (primary N) is 1. The van der Waals surface area contributed by atoms with Crippen molar-refractivity contribution in [1.29, 1.82) is 0 Å². The van der Waals surface area contributed by atoms with Crippen LogP contribution in [0.1, 0.15) is 18.1 Å². The second kappa shape index (κ2) is 5.93. The van der Waals surface area contributed by atoms with E-state index in [9.17, 15) is 4.79 Å². The number of hydrogen-bond donors (Lipinski definition) is 1. The second-order valence-corrected chi connectivity index (χ2v) is 4.50. The van der Waals surface area contributed by atoms with Crippen LogP contribution in [0.25, 0.3) is 0 Å². The summed E-state index contributed by atoms with van der Waals surface area (Å²) in [5.74, 6) is 0.860. The van der Waals surface area contributed by atoms with Crippen molar-refractivity contribution in [2.75, 3.05) is 20.3 Å². The standard InChI is InChI=1S/C14H19NO4/c1-3-18-12-5-4-9-6-10(15)7-11(9)14(12)19-8-13(16)17-2/h4-5,10H,3,6-8,15H2,1-2H3. The lowest BCUT2D eigenvalue weighted by Gasteiger charge is -2.15. The maximum Gasteiger partial charge on any atom is 0.343 e. The lowest BCUT2D eigenvalue weighted by Crippen LogP contribution is -2.19. The van der Waals surface area contributed by atoms with Gasteiger partial charge in [-0.1, -0.05) is 6.07 Å². The van der Waals surface area contributed by atoms with Crippen molar-refractivity contribution in [3.63, 3.8) is 0 Å². The Morgan fingerprint density at radius 1 is 1.37 bits per heavy atom. The van der Waals surface area contributed by atoms with Crippen molar-refractivity contribution in [2.45, 2.75) is 25.8 Å². The topological polar surface area (TPSA) is 70.8 Å². The third-order valence-corrected chi connectivity index (χ3v) is 3.13. The molecule has 1 aliphatic rings. The van der Waals surface area contributed by atoms with Crippen LogP contribution < -0.4 is 15.2 Å². The average molecular weight is 265 g/mol. The van der Waals surface area contributed by atoms with E-state index in [1.165, 1.54) is 7.11 Å². The number of ether oxygens (including phenoxy) is 3. The molecule has 0 aromatic heterocycles. The van der Waals surface area contributed by atoms with Crippen molar-refractivity contribution in [3.8, 4) is 11.5 Å². The van der Waals surface area contributed by atoms with Crippen LogP contribution >= 0.6 is 0 Å². The molecule has 0 saturated carbocycles. The van der Waals surface area contributed by atoms with Crippen LogP contribution in [-0.2, 0) is 22.4 Å².